The zero-order chi connectivity index (χ0) is 23.3. The number of aliphatic hydroxyl groups excluding tert-OH is 1. The quantitative estimate of drug-likeness (QED) is 0.430. The summed E-state index contributed by atoms with van der Waals surface area (Å²) in [6.07, 6.45) is 4.45. The Kier molecular flexibility index (Phi) is 5.86. The van der Waals surface area contributed by atoms with Crippen molar-refractivity contribution in [2.75, 3.05) is 37.6 Å². The molecule has 4 aliphatic rings. The Bertz CT molecular complexity index is 949. The molecule has 0 amide bonds. The lowest BCUT2D eigenvalue weighted by Gasteiger charge is -2.52. The summed E-state index contributed by atoms with van der Waals surface area (Å²) >= 11 is 0. The van der Waals surface area contributed by atoms with Gasteiger partial charge in [-0.2, -0.15) is 0 Å². The Labute approximate surface area is 196 Å². The van der Waals surface area contributed by atoms with E-state index in [1.54, 1.807) is 6.92 Å². The van der Waals surface area contributed by atoms with Crippen LogP contribution in [0, 0.1) is 23.2 Å². The van der Waals surface area contributed by atoms with Crippen LogP contribution in [-0.2, 0) is 9.53 Å². The number of fused-ring (bicyclic) bond motifs is 2. The second kappa shape index (κ2) is 8.55. The number of carbonyl (C=O) groups is 2. The largest absolute Gasteiger partial charge is 0.461 e. The van der Waals surface area contributed by atoms with Crippen LogP contribution in [0.3, 0.4) is 0 Å². The first-order valence-electron chi connectivity index (χ1n) is 12.5. The van der Waals surface area contributed by atoms with Crippen LogP contribution in [0.15, 0.2) is 35.9 Å². The number of esters is 1. The van der Waals surface area contributed by atoms with E-state index < -0.39 is 6.10 Å². The summed E-state index contributed by atoms with van der Waals surface area (Å²) in [6.45, 7) is 10.2. The fourth-order valence-corrected chi connectivity index (χ4v) is 6.65. The SMILES string of the molecule is CC(=O)c1ccc(N2CCN(CC3C(=O)O[C@@H]4CC5=CCC[C@H](C)[C@@]5(C)[C@@H](O)[C@H]34)CC2)cc1. The van der Waals surface area contributed by atoms with Crippen LogP contribution in [0.2, 0.25) is 0 Å². The molecule has 0 aromatic heterocycles. The predicted octanol–water partition coefficient (Wildman–Crippen LogP) is 3.30. The van der Waals surface area contributed by atoms with Gasteiger partial charge < -0.3 is 14.7 Å². The number of rotatable bonds is 4. The van der Waals surface area contributed by atoms with Gasteiger partial charge in [0.15, 0.2) is 5.78 Å². The van der Waals surface area contributed by atoms with E-state index >= 15 is 0 Å². The average Bonchev–Trinajstić information content (AvgIpc) is 3.11. The smallest absolute Gasteiger partial charge is 0.311 e. The first-order valence-corrected chi connectivity index (χ1v) is 12.5. The van der Waals surface area contributed by atoms with Crippen molar-refractivity contribution in [1.29, 1.82) is 0 Å². The van der Waals surface area contributed by atoms with E-state index in [9.17, 15) is 14.7 Å². The number of anilines is 1. The Morgan fingerprint density at radius 2 is 1.88 bits per heavy atom. The monoisotopic (exact) mass is 452 g/mol. The Morgan fingerprint density at radius 1 is 1.18 bits per heavy atom. The lowest BCUT2D eigenvalue weighted by molar-refractivity contribution is -0.145. The van der Waals surface area contributed by atoms with Crippen molar-refractivity contribution in [3.63, 3.8) is 0 Å². The van der Waals surface area contributed by atoms with E-state index in [-0.39, 0.29) is 35.1 Å². The van der Waals surface area contributed by atoms with E-state index in [4.69, 9.17) is 4.74 Å². The molecule has 5 rings (SSSR count). The van der Waals surface area contributed by atoms with Crippen molar-refractivity contribution in [3.05, 3.63) is 41.5 Å². The molecule has 33 heavy (non-hydrogen) atoms. The van der Waals surface area contributed by atoms with Gasteiger partial charge in [0.2, 0.25) is 0 Å². The number of benzene rings is 1. The fraction of sp³-hybridized carbons (Fsp3) is 0.630. The molecular formula is C27H36N2O4. The molecule has 3 fully saturated rings. The van der Waals surface area contributed by atoms with Crippen molar-refractivity contribution >= 4 is 17.4 Å². The van der Waals surface area contributed by atoms with E-state index in [1.165, 1.54) is 5.57 Å². The van der Waals surface area contributed by atoms with Crippen molar-refractivity contribution in [1.82, 2.24) is 4.90 Å². The molecule has 2 aliphatic carbocycles. The maximum absolute atomic E-state index is 12.9. The lowest BCUT2D eigenvalue weighted by atomic mass is 9.55. The van der Waals surface area contributed by atoms with Crippen LogP contribution >= 0.6 is 0 Å². The molecule has 6 nitrogen and oxygen atoms in total. The fourth-order valence-electron chi connectivity index (χ4n) is 6.65. The van der Waals surface area contributed by atoms with Gasteiger partial charge in [-0.15, -0.1) is 0 Å². The summed E-state index contributed by atoms with van der Waals surface area (Å²) in [7, 11) is 0. The molecule has 2 heterocycles. The predicted molar refractivity (Wildman–Crippen MR) is 127 cm³/mol. The molecule has 1 aromatic carbocycles. The zero-order valence-electron chi connectivity index (χ0n) is 20.0. The highest BCUT2D eigenvalue weighted by atomic mass is 16.6. The third kappa shape index (κ3) is 3.81. The van der Waals surface area contributed by atoms with Crippen molar-refractivity contribution in [2.45, 2.75) is 52.2 Å². The third-order valence-corrected chi connectivity index (χ3v) is 9.04. The second-order valence-corrected chi connectivity index (χ2v) is 10.7. The molecule has 6 heteroatoms. The van der Waals surface area contributed by atoms with E-state index in [0.29, 0.717) is 12.5 Å². The summed E-state index contributed by atoms with van der Waals surface area (Å²) < 4.78 is 5.84. The highest BCUT2D eigenvalue weighted by molar-refractivity contribution is 5.94. The summed E-state index contributed by atoms with van der Waals surface area (Å²) in [5.74, 6) is -0.0436. The number of carbonyl (C=O) groups excluding carboxylic acids is 2. The van der Waals surface area contributed by atoms with Gasteiger partial charge in [0.25, 0.3) is 0 Å². The number of ether oxygens (including phenoxy) is 1. The molecule has 0 radical (unpaired) electrons. The Morgan fingerprint density at radius 3 is 2.55 bits per heavy atom. The summed E-state index contributed by atoms with van der Waals surface area (Å²) in [6, 6.07) is 7.80. The molecule has 0 spiro atoms. The molecule has 1 unspecified atom stereocenters. The van der Waals surface area contributed by atoms with Crippen molar-refractivity contribution < 1.29 is 19.4 Å². The first kappa shape index (κ1) is 22.6. The lowest BCUT2D eigenvalue weighted by Crippen LogP contribution is -2.55. The van der Waals surface area contributed by atoms with Crippen LogP contribution in [0.1, 0.15) is 50.4 Å². The van der Waals surface area contributed by atoms with Gasteiger partial charge >= 0.3 is 5.97 Å². The highest BCUT2D eigenvalue weighted by Gasteiger charge is 2.59. The normalized spacial score (nSPS) is 36.6. The molecule has 2 aliphatic heterocycles. The molecular weight excluding hydrogens is 416 g/mol. The molecule has 0 bridgehead atoms. The summed E-state index contributed by atoms with van der Waals surface area (Å²) in [5, 5.41) is 11.6. The number of nitrogens with zero attached hydrogens (tertiary/aromatic N) is 2. The molecule has 1 saturated carbocycles. The first-order chi connectivity index (χ1) is 15.8. The van der Waals surface area contributed by atoms with Gasteiger partial charge in [0.05, 0.1) is 12.0 Å². The van der Waals surface area contributed by atoms with E-state index in [1.807, 2.05) is 24.3 Å². The molecule has 1 N–H and O–H groups in total. The second-order valence-electron chi connectivity index (χ2n) is 10.7. The van der Waals surface area contributed by atoms with Crippen LogP contribution < -0.4 is 4.90 Å². The standard InChI is InChI=1S/C27H36N2O4/c1-17-5-4-6-20-15-23-24(25(31)27(17,20)3)22(26(32)33-23)16-28-11-13-29(14-12-28)21-9-7-19(8-10-21)18(2)30/h6-10,17,22-25,31H,4-5,11-16H2,1-3H3/t17-,22?,23+,24+,25-,27+/m0/s1. The summed E-state index contributed by atoms with van der Waals surface area (Å²) in [5.41, 5.74) is 2.89. The summed E-state index contributed by atoms with van der Waals surface area (Å²) in [4.78, 5) is 29.1. The third-order valence-electron chi connectivity index (χ3n) is 9.04. The van der Waals surface area contributed by atoms with Gasteiger partial charge in [0.1, 0.15) is 6.10 Å². The number of piperazine rings is 1. The number of hydrogen-bond acceptors (Lipinski definition) is 6. The van der Waals surface area contributed by atoms with Gasteiger partial charge in [-0.1, -0.05) is 25.5 Å². The molecule has 178 valence electrons. The zero-order valence-corrected chi connectivity index (χ0v) is 20.0. The number of ketones is 1. The maximum atomic E-state index is 12.9. The van der Waals surface area contributed by atoms with Gasteiger partial charge in [-0.05, 0) is 49.9 Å². The van der Waals surface area contributed by atoms with Gasteiger partial charge in [-0.3, -0.25) is 14.5 Å². The topological polar surface area (TPSA) is 70.1 Å². The van der Waals surface area contributed by atoms with Crippen LogP contribution in [-0.4, -0.2) is 66.7 Å². The van der Waals surface area contributed by atoms with Gasteiger partial charge in [-0.25, -0.2) is 0 Å². The number of aliphatic hydroxyl groups is 1. The molecule has 2 saturated heterocycles. The molecule has 6 atom stereocenters. The van der Waals surface area contributed by atoms with E-state index in [0.717, 1.165) is 56.7 Å². The van der Waals surface area contributed by atoms with Crippen molar-refractivity contribution in [3.8, 4) is 0 Å². The minimum Gasteiger partial charge on any atom is -0.461 e. The Hall–Kier alpha value is -2.18. The van der Waals surface area contributed by atoms with Crippen LogP contribution in [0.4, 0.5) is 5.69 Å². The van der Waals surface area contributed by atoms with Crippen molar-refractivity contribution in [2.24, 2.45) is 23.2 Å². The minimum atomic E-state index is -0.546. The number of allylic oxidation sites excluding steroid dienone is 1. The number of hydrogen-bond donors (Lipinski definition) is 1. The van der Waals surface area contributed by atoms with E-state index in [2.05, 4.69) is 29.7 Å². The van der Waals surface area contributed by atoms with Crippen LogP contribution in [0.25, 0.3) is 0 Å². The van der Waals surface area contributed by atoms with Gasteiger partial charge in [0, 0.05) is 61.7 Å². The molecule has 1 aromatic rings. The minimum absolute atomic E-state index is 0.0807. The maximum Gasteiger partial charge on any atom is 0.311 e. The van der Waals surface area contributed by atoms with Crippen LogP contribution in [0.5, 0.6) is 0 Å². The highest BCUT2D eigenvalue weighted by Crippen LogP contribution is 2.56. The average molecular weight is 453 g/mol. The number of Topliss-reactive ketones (excluding diaryl/α,β-unsaturated/α-hetero) is 1. The Balaban J connectivity index is 1.25.